The molecule has 0 aliphatic rings. The van der Waals surface area contributed by atoms with Gasteiger partial charge in [0.25, 0.3) is 0 Å². The van der Waals surface area contributed by atoms with Crippen LogP contribution in [0.4, 0.5) is 5.69 Å². The van der Waals surface area contributed by atoms with Crippen molar-refractivity contribution >= 4 is 11.7 Å². The lowest BCUT2D eigenvalue weighted by Gasteiger charge is -2.30. The van der Waals surface area contributed by atoms with Crippen molar-refractivity contribution in [3.63, 3.8) is 0 Å². The highest BCUT2D eigenvalue weighted by atomic mass is 16.4. The van der Waals surface area contributed by atoms with E-state index in [1.807, 2.05) is 73.5 Å². The summed E-state index contributed by atoms with van der Waals surface area (Å²) in [6.45, 7) is 2.02. The first-order chi connectivity index (χ1) is 9.59. The fourth-order valence-electron chi connectivity index (χ4n) is 2.42. The van der Waals surface area contributed by atoms with Crippen LogP contribution in [0.15, 0.2) is 54.6 Å². The molecule has 0 saturated carbocycles. The summed E-state index contributed by atoms with van der Waals surface area (Å²) in [6, 6.07) is 17.6. The molecule has 2 aromatic carbocycles. The van der Waals surface area contributed by atoms with E-state index in [-0.39, 0.29) is 12.5 Å². The molecule has 0 aromatic heterocycles. The second-order valence-electron chi connectivity index (χ2n) is 4.92. The summed E-state index contributed by atoms with van der Waals surface area (Å²) in [5.74, 6) is -0.791. The highest BCUT2D eigenvalue weighted by molar-refractivity contribution is 5.69. The van der Waals surface area contributed by atoms with E-state index in [2.05, 4.69) is 0 Å². The Morgan fingerprint density at radius 3 is 2.30 bits per heavy atom. The van der Waals surface area contributed by atoms with Crippen molar-refractivity contribution in [3.8, 4) is 0 Å². The van der Waals surface area contributed by atoms with Crippen molar-refractivity contribution in [2.24, 2.45) is 0 Å². The summed E-state index contributed by atoms with van der Waals surface area (Å²) in [5.41, 5.74) is 3.18. The molecule has 0 amide bonds. The van der Waals surface area contributed by atoms with E-state index >= 15 is 0 Å². The first-order valence-electron chi connectivity index (χ1n) is 6.65. The Balaban J connectivity index is 2.38. The number of carboxylic acids is 1. The molecule has 0 aliphatic heterocycles. The number of hydrogen-bond acceptors (Lipinski definition) is 2. The van der Waals surface area contributed by atoms with E-state index in [0.717, 1.165) is 16.8 Å². The van der Waals surface area contributed by atoms with Crippen LogP contribution < -0.4 is 4.90 Å². The van der Waals surface area contributed by atoms with Gasteiger partial charge in [-0.15, -0.1) is 0 Å². The maximum absolute atomic E-state index is 11.2. The molecule has 3 heteroatoms. The maximum atomic E-state index is 11.2. The fraction of sp³-hybridized carbons (Fsp3) is 0.235. The predicted octanol–water partition coefficient (Wildman–Crippen LogP) is 3.65. The van der Waals surface area contributed by atoms with Crippen LogP contribution in [0.2, 0.25) is 0 Å². The van der Waals surface area contributed by atoms with E-state index in [4.69, 9.17) is 0 Å². The summed E-state index contributed by atoms with van der Waals surface area (Å²) in [7, 11) is 1.94. The smallest absolute Gasteiger partial charge is 0.305 e. The zero-order chi connectivity index (χ0) is 14.5. The summed E-state index contributed by atoms with van der Waals surface area (Å²) in [6.07, 6.45) is 0.0796. The second kappa shape index (κ2) is 6.24. The predicted molar refractivity (Wildman–Crippen MR) is 81.0 cm³/mol. The molecule has 104 valence electrons. The minimum Gasteiger partial charge on any atom is -0.481 e. The number of aliphatic carboxylic acids is 1. The lowest BCUT2D eigenvalue weighted by atomic mass is 9.97. The minimum absolute atomic E-state index is 0.0796. The molecule has 0 spiro atoms. The third kappa shape index (κ3) is 3.18. The molecule has 20 heavy (non-hydrogen) atoms. The van der Waals surface area contributed by atoms with Crippen LogP contribution in [0, 0.1) is 6.92 Å². The zero-order valence-corrected chi connectivity index (χ0v) is 11.8. The normalized spacial score (nSPS) is 11.9. The van der Waals surface area contributed by atoms with E-state index in [1.54, 1.807) is 0 Å². The van der Waals surface area contributed by atoms with E-state index in [9.17, 15) is 9.90 Å². The number of anilines is 1. The van der Waals surface area contributed by atoms with Gasteiger partial charge in [0.15, 0.2) is 0 Å². The highest BCUT2D eigenvalue weighted by Crippen LogP contribution is 2.30. The minimum atomic E-state index is -0.791. The van der Waals surface area contributed by atoms with Crippen molar-refractivity contribution in [1.82, 2.24) is 0 Å². The SMILES string of the molecule is Cc1ccccc1C(CC(=O)O)N(C)c1ccccc1. The van der Waals surface area contributed by atoms with Crippen LogP contribution >= 0.6 is 0 Å². The molecule has 2 rings (SSSR count). The number of benzene rings is 2. The largest absolute Gasteiger partial charge is 0.481 e. The van der Waals surface area contributed by atoms with Crippen molar-refractivity contribution in [1.29, 1.82) is 0 Å². The van der Waals surface area contributed by atoms with Gasteiger partial charge in [0.1, 0.15) is 0 Å². The Kier molecular flexibility index (Phi) is 4.41. The van der Waals surface area contributed by atoms with Gasteiger partial charge in [0.05, 0.1) is 12.5 Å². The highest BCUT2D eigenvalue weighted by Gasteiger charge is 2.22. The third-order valence-electron chi connectivity index (χ3n) is 3.55. The monoisotopic (exact) mass is 269 g/mol. The molecule has 2 aromatic rings. The first-order valence-corrected chi connectivity index (χ1v) is 6.65. The average molecular weight is 269 g/mol. The Morgan fingerprint density at radius 1 is 1.10 bits per heavy atom. The van der Waals surface area contributed by atoms with Crippen molar-refractivity contribution < 1.29 is 9.90 Å². The average Bonchev–Trinajstić information content (AvgIpc) is 2.46. The van der Waals surface area contributed by atoms with Gasteiger partial charge in [-0.3, -0.25) is 4.79 Å². The van der Waals surface area contributed by atoms with Crippen LogP contribution in [-0.4, -0.2) is 18.1 Å². The van der Waals surface area contributed by atoms with Crippen LogP contribution in [0.5, 0.6) is 0 Å². The molecule has 0 aliphatic carbocycles. The quantitative estimate of drug-likeness (QED) is 0.900. The lowest BCUT2D eigenvalue weighted by molar-refractivity contribution is -0.137. The molecule has 0 saturated heterocycles. The Labute approximate surface area is 119 Å². The Hall–Kier alpha value is -2.29. The molecule has 1 atom stereocenters. The van der Waals surface area contributed by atoms with E-state index in [1.165, 1.54) is 0 Å². The molecule has 0 bridgehead atoms. The van der Waals surface area contributed by atoms with Crippen molar-refractivity contribution in [2.45, 2.75) is 19.4 Å². The topological polar surface area (TPSA) is 40.5 Å². The molecule has 0 fully saturated rings. The fourth-order valence-corrected chi connectivity index (χ4v) is 2.42. The van der Waals surface area contributed by atoms with Crippen molar-refractivity contribution in [2.75, 3.05) is 11.9 Å². The Bertz CT molecular complexity index is 581. The number of rotatable bonds is 5. The number of carbonyl (C=O) groups is 1. The third-order valence-corrected chi connectivity index (χ3v) is 3.55. The molecule has 0 radical (unpaired) electrons. The standard InChI is InChI=1S/C17H19NO2/c1-13-8-6-7-11-15(13)16(12-17(19)20)18(2)14-9-4-3-5-10-14/h3-11,16H,12H2,1-2H3,(H,19,20). The lowest BCUT2D eigenvalue weighted by Crippen LogP contribution is -2.27. The van der Waals surface area contributed by atoms with Gasteiger partial charge in [-0.1, -0.05) is 42.5 Å². The number of hydrogen-bond donors (Lipinski definition) is 1. The van der Waals surface area contributed by atoms with Gasteiger partial charge >= 0.3 is 5.97 Å². The number of nitrogens with zero attached hydrogens (tertiary/aromatic N) is 1. The van der Waals surface area contributed by atoms with Crippen LogP contribution in [0.3, 0.4) is 0 Å². The zero-order valence-electron chi connectivity index (χ0n) is 11.8. The van der Waals surface area contributed by atoms with Crippen LogP contribution in [0.25, 0.3) is 0 Å². The van der Waals surface area contributed by atoms with Crippen LogP contribution in [0.1, 0.15) is 23.6 Å². The van der Waals surface area contributed by atoms with Gasteiger partial charge in [-0.05, 0) is 30.2 Å². The van der Waals surface area contributed by atoms with Gasteiger partial charge in [0.2, 0.25) is 0 Å². The molecular formula is C17H19NO2. The number of para-hydroxylation sites is 1. The van der Waals surface area contributed by atoms with Crippen molar-refractivity contribution in [3.05, 3.63) is 65.7 Å². The van der Waals surface area contributed by atoms with Crippen LogP contribution in [-0.2, 0) is 4.79 Å². The number of aryl methyl sites for hydroxylation is 1. The summed E-state index contributed by atoms with van der Waals surface area (Å²) in [4.78, 5) is 13.2. The van der Waals surface area contributed by atoms with E-state index < -0.39 is 5.97 Å². The van der Waals surface area contributed by atoms with Gasteiger partial charge in [-0.25, -0.2) is 0 Å². The Morgan fingerprint density at radius 2 is 1.70 bits per heavy atom. The molecule has 1 unspecified atom stereocenters. The molecule has 3 nitrogen and oxygen atoms in total. The summed E-state index contributed by atoms with van der Waals surface area (Å²) >= 11 is 0. The summed E-state index contributed by atoms with van der Waals surface area (Å²) < 4.78 is 0. The summed E-state index contributed by atoms with van der Waals surface area (Å²) in [5, 5.41) is 9.21. The maximum Gasteiger partial charge on any atom is 0.305 e. The van der Waals surface area contributed by atoms with Gasteiger partial charge in [-0.2, -0.15) is 0 Å². The van der Waals surface area contributed by atoms with E-state index in [0.29, 0.717) is 0 Å². The molecule has 1 N–H and O–H groups in total. The number of carboxylic acid groups (broad SMARTS) is 1. The molecule has 0 heterocycles. The van der Waals surface area contributed by atoms with Gasteiger partial charge < -0.3 is 10.0 Å². The second-order valence-corrected chi connectivity index (χ2v) is 4.92. The van der Waals surface area contributed by atoms with Gasteiger partial charge in [0, 0.05) is 12.7 Å². The first kappa shape index (κ1) is 14.1. The molecular weight excluding hydrogens is 250 g/mol.